The number of carbonyl (C=O) groups is 1. The lowest BCUT2D eigenvalue weighted by molar-refractivity contribution is -0.152. The summed E-state index contributed by atoms with van der Waals surface area (Å²) in [5, 5.41) is 13.7. The lowest BCUT2D eigenvalue weighted by Gasteiger charge is -2.40. The molecule has 0 radical (unpaired) electrons. The van der Waals surface area contributed by atoms with Gasteiger partial charge in [0.25, 0.3) is 0 Å². The highest BCUT2D eigenvalue weighted by Crippen LogP contribution is 2.37. The largest absolute Gasteiger partial charge is 0.481 e. The minimum absolute atomic E-state index is 0.403. The Morgan fingerprint density at radius 3 is 2.67 bits per heavy atom. The van der Waals surface area contributed by atoms with E-state index in [0.29, 0.717) is 6.04 Å². The van der Waals surface area contributed by atoms with E-state index in [9.17, 15) is 9.90 Å². The van der Waals surface area contributed by atoms with Crippen LogP contribution < -0.4 is 0 Å². The summed E-state index contributed by atoms with van der Waals surface area (Å²) in [5.74, 6) is -0.618. The summed E-state index contributed by atoms with van der Waals surface area (Å²) >= 11 is 1.72. The fourth-order valence-electron chi connectivity index (χ4n) is 2.78. The lowest BCUT2D eigenvalue weighted by Crippen LogP contribution is -2.44. The predicted octanol–water partition coefficient (Wildman–Crippen LogP) is 3.39. The Labute approximate surface area is 112 Å². The molecule has 0 aliphatic carbocycles. The minimum atomic E-state index is -0.618. The summed E-state index contributed by atoms with van der Waals surface area (Å²) in [6.07, 6.45) is 2.28. The highest BCUT2D eigenvalue weighted by molar-refractivity contribution is 7.07. The highest BCUT2D eigenvalue weighted by Gasteiger charge is 2.40. The van der Waals surface area contributed by atoms with E-state index in [1.165, 1.54) is 5.56 Å². The molecule has 1 aromatic rings. The average molecular weight is 267 g/mol. The van der Waals surface area contributed by atoms with E-state index in [1.807, 2.05) is 6.92 Å². The van der Waals surface area contributed by atoms with Gasteiger partial charge < -0.3 is 5.11 Å². The Bertz CT molecular complexity index is 394. The lowest BCUT2D eigenvalue weighted by atomic mass is 9.76. The van der Waals surface area contributed by atoms with Crippen LogP contribution >= 0.6 is 11.3 Å². The van der Waals surface area contributed by atoms with Crippen LogP contribution in [0.1, 0.15) is 44.7 Å². The SMILES string of the molecule is CCC1(C(=O)O)CCN(C(C)c2ccsc2)CC1. The Kier molecular flexibility index (Phi) is 4.07. The molecule has 1 aromatic heterocycles. The third-order valence-corrected chi connectivity index (χ3v) is 5.16. The quantitative estimate of drug-likeness (QED) is 0.909. The number of likely N-dealkylation sites (tertiary alicyclic amines) is 1. The van der Waals surface area contributed by atoms with Crippen molar-refractivity contribution in [2.24, 2.45) is 5.41 Å². The molecule has 0 bridgehead atoms. The summed E-state index contributed by atoms with van der Waals surface area (Å²) in [5.41, 5.74) is 0.865. The Hall–Kier alpha value is -0.870. The zero-order valence-corrected chi connectivity index (χ0v) is 11.9. The van der Waals surface area contributed by atoms with E-state index in [4.69, 9.17) is 0 Å². The maximum Gasteiger partial charge on any atom is 0.309 e. The van der Waals surface area contributed by atoms with Gasteiger partial charge in [-0.25, -0.2) is 0 Å². The zero-order chi connectivity index (χ0) is 13.2. The van der Waals surface area contributed by atoms with Crippen LogP contribution in [0.3, 0.4) is 0 Å². The number of rotatable bonds is 4. The van der Waals surface area contributed by atoms with E-state index >= 15 is 0 Å². The van der Waals surface area contributed by atoms with Gasteiger partial charge in [0.05, 0.1) is 5.41 Å². The number of hydrogen-bond acceptors (Lipinski definition) is 3. The smallest absolute Gasteiger partial charge is 0.309 e. The van der Waals surface area contributed by atoms with Gasteiger partial charge in [0.2, 0.25) is 0 Å². The number of piperidine rings is 1. The predicted molar refractivity (Wildman–Crippen MR) is 73.9 cm³/mol. The number of aliphatic carboxylic acids is 1. The monoisotopic (exact) mass is 267 g/mol. The Balaban J connectivity index is 2.00. The van der Waals surface area contributed by atoms with Gasteiger partial charge in [-0.1, -0.05) is 6.92 Å². The first-order valence-corrected chi connectivity index (χ1v) is 7.53. The van der Waals surface area contributed by atoms with Crippen molar-refractivity contribution in [2.75, 3.05) is 13.1 Å². The molecule has 0 spiro atoms. The number of hydrogen-bond donors (Lipinski definition) is 1. The van der Waals surface area contributed by atoms with E-state index in [-0.39, 0.29) is 0 Å². The zero-order valence-electron chi connectivity index (χ0n) is 11.1. The van der Waals surface area contributed by atoms with Crippen molar-refractivity contribution in [3.63, 3.8) is 0 Å². The minimum Gasteiger partial charge on any atom is -0.481 e. The van der Waals surface area contributed by atoms with Crippen molar-refractivity contribution >= 4 is 17.3 Å². The average Bonchev–Trinajstić information content (AvgIpc) is 2.91. The van der Waals surface area contributed by atoms with Crippen molar-refractivity contribution in [1.29, 1.82) is 0 Å². The van der Waals surface area contributed by atoms with Crippen LogP contribution in [0.2, 0.25) is 0 Å². The van der Waals surface area contributed by atoms with Crippen LogP contribution in [0.25, 0.3) is 0 Å². The molecule has 2 rings (SSSR count). The van der Waals surface area contributed by atoms with Crippen molar-refractivity contribution in [2.45, 2.75) is 39.2 Å². The molecular formula is C14H21NO2S. The van der Waals surface area contributed by atoms with Crippen LogP contribution in [-0.4, -0.2) is 29.1 Å². The van der Waals surface area contributed by atoms with Crippen LogP contribution in [0.5, 0.6) is 0 Å². The molecule has 1 unspecified atom stereocenters. The first kappa shape index (κ1) is 13.6. The molecular weight excluding hydrogens is 246 g/mol. The second kappa shape index (κ2) is 5.41. The summed E-state index contributed by atoms with van der Waals surface area (Å²) in [4.78, 5) is 13.8. The first-order chi connectivity index (χ1) is 8.59. The molecule has 18 heavy (non-hydrogen) atoms. The molecule has 1 N–H and O–H groups in total. The molecule has 3 nitrogen and oxygen atoms in total. The van der Waals surface area contributed by atoms with Gasteiger partial charge in [-0.2, -0.15) is 11.3 Å². The molecule has 1 aliphatic heterocycles. The Morgan fingerprint density at radius 1 is 1.56 bits per heavy atom. The summed E-state index contributed by atoms with van der Waals surface area (Å²) in [7, 11) is 0. The van der Waals surface area contributed by atoms with Crippen molar-refractivity contribution in [1.82, 2.24) is 4.90 Å². The summed E-state index contributed by atoms with van der Waals surface area (Å²) in [6.45, 7) is 5.97. The Morgan fingerprint density at radius 2 is 2.22 bits per heavy atom. The van der Waals surface area contributed by atoms with Crippen molar-refractivity contribution in [3.05, 3.63) is 22.4 Å². The molecule has 100 valence electrons. The van der Waals surface area contributed by atoms with Gasteiger partial charge in [0, 0.05) is 6.04 Å². The first-order valence-electron chi connectivity index (χ1n) is 6.58. The normalized spacial score (nSPS) is 21.7. The van der Waals surface area contributed by atoms with Gasteiger partial charge in [-0.3, -0.25) is 9.69 Å². The molecule has 0 amide bonds. The fraction of sp³-hybridized carbons (Fsp3) is 0.643. The van der Waals surface area contributed by atoms with Crippen molar-refractivity contribution in [3.8, 4) is 0 Å². The maximum atomic E-state index is 11.4. The molecule has 0 saturated carbocycles. The van der Waals surface area contributed by atoms with Crippen molar-refractivity contribution < 1.29 is 9.90 Å². The van der Waals surface area contributed by atoms with E-state index in [1.54, 1.807) is 11.3 Å². The fourth-order valence-corrected chi connectivity index (χ4v) is 3.53. The second-order valence-electron chi connectivity index (χ2n) is 5.21. The van der Waals surface area contributed by atoms with Crippen LogP contribution in [0.15, 0.2) is 16.8 Å². The summed E-state index contributed by atoms with van der Waals surface area (Å²) in [6, 6.07) is 2.56. The molecule has 1 fully saturated rings. The molecule has 1 aliphatic rings. The number of carboxylic acids is 1. The molecule has 4 heteroatoms. The van der Waals surface area contributed by atoms with E-state index in [2.05, 4.69) is 28.7 Å². The topological polar surface area (TPSA) is 40.5 Å². The maximum absolute atomic E-state index is 11.4. The van der Waals surface area contributed by atoms with Crippen LogP contribution in [-0.2, 0) is 4.79 Å². The van der Waals surface area contributed by atoms with Gasteiger partial charge >= 0.3 is 5.97 Å². The van der Waals surface area contributed by atoms with Crippen LogP contribution in [0, 0.1) is 5.41 Å². The third-order valence-electron chi connectivity index (χ3n) is 4.46. The third kappa shape index (κ3) is 2.45. The van der Waals surface area contributed by atoms with Gasteiger partial charge in [0.15, 0.2) is 0 Å². The van der Waals surface area contributed by atoms with Gasteiger partial charge in [-0.15, -0.1) is 0 Å². The molecule has 0 aromatic carbocycles. The van der Waals surface area contributed by atoms with E-state index in [0.717, 1.165) is 32.4 Å². The summed E-state index contributed by atoms with van der Waals surface area (Å²) < 4.78 is 0. The number of thiophene rings is 1. The molecule has 1 atom stereocenters. The molecule has 2 heterocycles. The van der Waals surface area contributed by atoms with E-state index < -0.39 is 11.4 Å². The van der Waals surface area contributed by atoms with Gasteiger partial charge in [-0.05, 0) is 61.7 Å². The van der Waals surface area contributed by atoms with Gasteiger partial charge in [0.1, 0.15) is 0 Å². The standard InChI is InChI=1S/C14H21NO2S/c1-3-14(13(16)17)5-7-15(8-6-14)11(2)12-4-9-18-10-12/h4,9-11H,3,5-8H2,1-2H3,(H,16,17). The number of carboxylic acid groups (broad SMARTS) is 1. The van der Waals surface area contributed by atoms with Crippen LogP contribution in [0.4, 0.5) is 0 Å². The highest BCUT2D eigenvalue weighted by atomic mass is 32.1. The molecule has 1 saturated heterocycles. The number of nitrogens with zero attached hydrogens (tertiary/aromatic N) is 1. The second-order valence-corrected chi connectivity index (χ2v) is 5.99.